The van der Waals surface area contributed by atoms with Crippen molar-refractivity contribution in [1.29, 1.82) is 0 Å². The smallest absolute Gasteiger partial charge is 0.338 e. The Morgan fingerprint density at radius 2 is 2.00 bits per heavy atom. The molecule has 98 valence electrons. The van der Waals surface area contributed by atoms with Crippen LogP contribution in [-0.2, 0) is 17.6 Å². The summed E-state index contributed by atoms with van der Waals surface area (Å²) in [4.78, 5) is 11.8. The van der Waals surface area contributed by atoms with E-state index in [2.05, 4.69) is 0 Å². The summed E-state index contributed by atoms with van der Waals surface area (Å²) in [6, 6.07) is 1.42. The van der Waals surface area contributed by atoms with Crippen molar-refractivity contribution in [2.75, 3.05) is 7.11 Å². The molecule has 0 unspecified atom stereocenters. The minimum atomic E-state index is -0.422. The van der Waals surface area contributed by atoms with E-state index in [1.165, 1.54) is 13.2 Å². The number of nitrogens with zero attached hydrogens (tertiary/aromatic N) is 1. The van der Waals surface area contributed by atoms with Crippen LogP contribution in [0.15, 0.2) is 6.07 Å². The Hall–Kier alpha value is -1.29. The van der Waals surface area contributed by atoms with Gasteiger partial charge in [0.1, 0.15) is 0 Å². The zero-order valence-corrected chi connectivity index (χ0v) is 11.1. The number of fused-ring (bicyclic) bond motifs is 1. The second-order valence-electron chi connectivity index (χ2n) is 4.51. The molecule has 0 saturated carbocycles. The van der Waals surface area contributed by atoms with E-state index in [4.69, 9.17) is 16.3 Å². The molecule has 1 aromatic heterocycles. The maximum atomic E-state index is 12.0. The van der Waals surface area contributed by atoms with E-state index in [1.54, 1.807) is 0 Å². The van der Waals surface area contributed by atoms with Crippen molar-refractivity contribution in [3.8, 4) is 0 Å². The van der Waals surface area contributed by atoms with E-state index >= 15 is 0 Å². The molecule has 0 amide bonds. The summed E-state index contributed by atoms with van der Waals surface area (Å²) in [6.07, 6.45) is 5.58. The number of carbonyl (C=O) groups is 1. The van der Waals surface area contributed by atoms with Gasteiger partial charge in [-0.25, -0.2) is 4.79 Å². The molecular formula is C13H16ClNO3. The first-order valence-corrected chi connectivity index (χ1v) is 6.55. The molecule has 0 radical (unpaired) electrons. The van der Waals surface area contributed by atoms with Gasteiger partial charge in [-0.05, 0) is 30.9 Å². The Balaban J connectivity index is 2.56. The van der Waals surface area contributed by atoms with Crippen molar-refractivity contribution in [3.63, 3.8) is 0 Å². The summed E-state index contributed by atoms with van der Waals surface area (Å²) in [6.45, 7) is 0. The molecule has 1 aliphatic rings. The van der Waals surface area contributed by atoms with E-state index in [9.17, 15) is 10.0 Å². The van der Waals surface area contributed by atoms with E-state index in [0.29, 0.717) is 17.7 Å². The van der Waals surface area contributed by atoms with E-state index in [1.807, 2.05) is 0 Å². The Labute approximate surface area is 111 Å². The Kier molecular flexibility index (Phi) is 4.07. The van der Waals surface area contributed by atoms with Crippen LogP contribution in [0.3, 0.4) is 0 Å². The first kappa shape index (κ1) is 13.1. The number of carbonyl (C=O) groups excluding carboxylic acids is 1. The average Bonchev–Trinajstić information content (AvgIpc) is 2.33. The van der Waals surface area contributed by atoms with Crippen molar-refractivity contribution in [2.45, 2.75) is 38.5 Å². The Morgan fingerprint density at radius 1 is 1.33 bits per heavy atom. The van der Waals surface area contributed by atoms with E-state index in [-0.39, 0.29) is 5.15 Å². The van der Waals surface area contributed by atoms with Crippen LogP contribution < -0.4 is 4.73 Å². The Bertz CT molecular complexity index is 474. The summed E-state index contributed by atoms with van der Waals surface area (Å²) >= 11 is 5.89. The predicted molar refractivity (Wildman–Crippen MR) is 67.6 cm³/mol. The molecule has 4 nitrogen and oxygen atoms in total. The number of pyridine rings is 1. The highest BCUT2D eigenvalue weighted by Crippen LogP contribution is 2.23. The van der Waals surface area contributed by atoms with Crippen LogP contribution in [0, 0.1) is 5.21 Å². The minimum absolute atomic E-state index is 0.0368. The first-order valence-electron chi connectivity index (χ1n) is 6.17. The standard InChI is InChI=1S/C13H16ClNO3/c1-18-13(16)10-8-12(14)15(17)11-7-5-3-2-4-6-9(10)11/h8H,2-7H2,1H3. The van der Waals surface area contributed by atoms with E-state index < -0.39 is 5.97 Å². The second kappa shape index (κ2) is 5.57. The lowest BCUT2D eigenvalue weighted by Gasteiger charge is -2.16. The maximum absolute atomic E-state index is 12.0. The summed E-state index contributed by atoms with van der Waals surface area (Å²) < 4.78 is 5.51. The molecule has 2 rings (SSSR count). The van der Waals surface area contributed by atoms with Crippen molar-refractivity contribution >= 4 is 17.6 Å². The molecule has 0 N–H and O–H groups in total. The molecular weight excluding hydrogens is 254 g/mol. The van der Waals surface area contributed by atoms with Gasteiger partial charge in [-0.15, -0.1) is 0 Å². The van der Waals surface area contributed by atoms with Crippen LogP contribution in [0.4, 0.5) is 0 Å². The summed E-state index contributed by atoms with van der Waals surface area (Å²) in [5.74, 6) is -0.422. The SMILES string of the molecule is COC(=O)c1cc(Cl)[n+]([O-])c2c1CCCCCC2. The fourth-order valence-electron chi connectivity index (χ4n) is 2.44. The van der Waals surface area contributed by atoms with Gasteiger partial charge in [-0.2, -0.15) is 4.73 Å². The third kappa shape index (κ3) is 2.43. The Morgan fingerprint density at radius 3 is 2.67 bits per heavy atom. The van der Waals surface area contributed by atoms with Gasteiger partial charge >= 0.3 is 5.97 Å². The summed E-state index contributed by atoms with van der Waals surface area (Å²) in [7, 11) is 1.34. The number of hydrogen-bond donors (Lipinski definition) is 0. The van der Waals surface area contributed by atoms with Gasteiger partial charge in [0.15, 0.2) is 5.69 Å². The highest BCUT2D eigenvalue weighted by atomic mass is 35.5. The zero-order chi connectivity index (χ0) is 13.1. The van der Waals surface area contributed by atoms with Crippen LogP contribution in [0.5, 0.6) is 0 Å². The highest BCUT2D eigenvalue weighted by molar-refractivity contribution is 6.28. The molecule has 0 aromatic carbocycles. The molecule has 1 aromatic rings. The van der Waals surface area contributed by atoms with Crippen LogP contribution in [-0.4, -0.2) is 13.1 Å². The predicted octanol–water partition coefficient (Wildman–Crippen LogP) is 2.42. The van der Waals surface area contributed by atoms with Crippen LogP contribution in [0.2, 0.25) is 5.15 Å². The highest BCUT2D eigenvalue weighted by Gasteiger charge is 2.25. The normalized spacial score (nSPS) is 15.4. The monoisotopic (exact) mass is 269 g/mol. The lowest BCUT2D eigenvalue weighted by atomic mass is 9.93. The van der Waals surface area contributed by atoms with Gasteiger partial charge in [0, 0.05) is 18.1 Å². The first-order chi connectivity index (χ1) is 8.65. The third-order valence-electron chi connectivity index (χ3n) is 3.37. The third-order valence-corrected chi connectivity index (χ3v) is 3.63. The number of halogens is 1. The van der Waals surface area contributed by atoms with Gasteiger partial charge in [0.25, 0.3) is 5.15 Å². The van der Waals surface area contributed by atoms with Crippen molar-refractivity contribution in [1.82, 2.24) is 0 Å². The fourth-order valence-corrected chi connectivity index (χ4v) is 2.65. The number of methoxy groups -OCH3 is 1. The minimum Gasteiger partial charge on any atom is -0.617 e. The van der Waals surface area contributed by atoms with Gasteiger partial charge in [-0.3, -0.25) is 0 Å². The lowest BCUT2D eigenvalue weighted by Crippen LogP contribution is -2.36. The van der Waals surface area contributed by atoms with Crippen molar-refractivity contribution in [3.05, 3.63) is 33.2 Å². The topological polar surface area (TPSA) is 53.2 Å². The molecule has 0 aliphatic heterocycles. The van der Waals surface area contributed by atoms with E-state index in [0.717, 1.165) is 42.4 Å². The molecule has 0 bridgehead atoms. The number of ether oxygens (including phenoxy) is 1. The lowest BCUT2D eigenvalue weighted by molar-refractivity contribution is -0.612. The van der Waals surface area contributed by atoms with Gasteiger partial charge in [-0.1, -0.05) is 12.8 Å². The number of rotatable bonds is 1. The maximum Gasteiger partial charge on any atom is 0.338 e. The van der Waals surface area contributed by atoms with Gasteiger partial charge in [0.2, 0.25) is 0 Å². The summed E-state index contributed by atoms with van der Waals surface area (Å²) in [5.41, 5.74) is 1.87. The van der Waals surface area contributed by atoms with Gasteiger partial charge in [0.05, 0.1) is 12.7 Å². The molecule has 1 aliphatic carbocycles. The van der Waals surface area contributed by atoms with Crippen LogP contribution >= 0.6 is 11.6 Å². The molecule has 0 saturated heterocycles. The molecule has 0 fully saturated rings. The average molecular weight is 270 g/mol. The van der Waals surface area contributed by atoms with Crippen molar-refractivity contribution < 1.29 is 14.3 Å². The quantitative estimate of drug-likeness (QED) is 0.340. The molecule has 1 heterocycles. The van der Waals surface area contributed by atoms with Crippen molar-refractivity contribution in [2.24, 2.45) is 0 Å². The summed E-state index contributed by atoms with van der Waals surface area (Å²) in [5, 5.41) is 12.0. The molecule has 0 atom stereocenters. The largest absolute Gasteiger partial charge is 0.617 e. The second-order valence-corrected chi connectivity index (χ2v) is 4.89. The molecule has 0 spiro atoms. The molecule has 18 heavy (non-hydrogen) atoms. The van der Waals surface area contributed by atoms with Gasteiger partial charge < -0.3 is 9.94 Å². The zero-order valence-electron chi connectivity index (χ0n) is 10.4. The van der Waals surface area contributed by atoms with Crippen LogP contribution in [0.25, 0.3) is 0 Å². The molecule has 5 heteroatoms. The number of esters is 1. The number of hydrogen-bond acceptors (Lipinski definition) is 3. The van der Waals surface area contributed by atoms with Crippen LogP contribution in [0.1, 0.15) is 47.3 Å². The number of aromatic nitrogens is 1. The fraction of sp³-hybridized carbons (Fsp3) is 0.538.